The third-order valence-corrected chi connectivity index (χ3v) is 4.54. The molecule has 0 spiro atoms. The van der Waals surface area contributed by atoms with Crippen molar-refractivity contribution in [2.75, 3.05) is 0 Å². The average Bonchev–Trinajstić information content (AvgIpc) is 3.13. The van der Waals surface area contributed by atoms with Crippen molar-refractivity contribution in [3.63, 3.8) is 0 Å². The van der Waals surface area contributed by atoms with E-state index >= 15 is 0 Å². The third kappa shape index (κ3) is 2.77. The molecule has 0 fully saturated rings. The molecular formula is C21H15N5O. The lowest BCUT2D eigenvalue weighted by Crippen LogP contribution is -2.12. The number of hydrogen-bond donors (Lipinski definition) is 1. The number of para-hydroxylation sites is 2. The molecule has 3 aromatic heterocycles. The van der Waals surface area contributed by atoms with Crippen molar-refractivity contribution in [2.45, 2.75) is 6.42 Å². The summed E-state index contributed by atoms with van der Waals surface area (Å²) in [5.41, 5.74) is 2.55. The first-order valence-corrected chi connectivity index (χ1v) is 8.64. The van der Waals surface area contributed by atoms with E-state index in [0.717, 1.165) is 22.3 Å². The molecule has 5 rings (SSSR count). The standard InChI is InChI=1S/C21H15N5O/c27-21-16-6-2-3-7-17(16)24-19(25-21)11-14-9-10-20(22-12-14)26-18-8-4-1-5-15(18)13-23-26/h1-10,12-13H,11H2,(H,24,25,27). The van der Waals surface area contributed by atoms with E-state index < -0.39 is 0 Å². The van der Waals surface area contributed by atoms with Crippen molar-refractivity contribution in [3.05, 3.63) is 94.8 Å². The molecule has 6 heteroatoms. The van der Waals surface area contributed by atoms with Gasteiger partial charge in [0.1, 0.15) is 5.82 Å². The summed E-state index contributed by atoms with van der Waals surface area (Å²) < 4.78 is 1.81. The molecule has 0 atom stereocenters. The second-order valence-electron chi connectivity index (χ2n) is 6.35. The lowest BCUT2D eigenvalue weighted by Gasteiger charge is -2.06. The van der Waals surface area contributed by atoms with Crippen LogP contribution in [0, 0.1) is 0 Å². The number of nitrogens with one attached hydrogen (secondary N) is 1. The molecule has 6 nitrogen and oxygen atoms in total. The first-order chi connectivity index (χ1) is 13.3. The summed E-state index contributed by atoms with van der Waals surface area (Å²) in [7, 11) is 0. The van der Waals surface area contributed by atoms with Gasteiger partial charge in [-0.1, -0.05) is 36.4 Å². The first-order valence-electron chi connectivity index (χ1n) is 8.64. The Morgan fingerprint density at radius 2 is 1.78 bits per heavy atom. The van der Waals surface area contributed by atoms with Crippen LogP contribution in [0.4, 0.5) is 0 Å². The molecule has 0 aliphatic carbocycles. The number of aromatic nitrogens is 5. The summed E-state index contributed by atoms with van der Waals surface area (Å²) in [6.45, 7) is 0. The number of rotatable bonds is 3. The summed E-state index contributed by atoms with van der Waals surface area (Å²) in [6.07, 6.45) is 4.13. The van der Waals surface area contributed by atoms with Gasteiger partial charge in [-0.15, -0.1) is 0 Å². The Morgan fingerprint density at radius 3 is 2.67 bits per heavy atom. The van der Waals surface area contributed by atoms with Gasteiger partial charge in [0.05, 0.1) is 22.6 Å². The summed E-state index contributed by atoms with van der Waals surface area (Å²) in [6, 6.07) is 19.2. The minimum Gasteiger partial charge on any atom is -0.310 e. The zero-order chi connectivity index (χ0) is 18.2. The van der Waals surface area contributed by atoms with E-state index in [4.69, 9.17) is 0 Å². The van der Waals surface area contributed by atoms with Crippen LogP contribution in [0.2, 0.25) is 0 Å². The van der Waals surface area contributed by atoms with Gasteiger partial charge in [0.25, 0.3) is 5.56 Å². The summed E-state index contributed by atoms with van der Waals surface area (Å²) in [5, 5.41) is 6.09. The molecule has 27 heavy (non-hydrogen) atoms. The molecule has 0 unspecified atom stereocenters. The molecule has 130 valence electrons. The Balaban J connectivity index is 1.47. The highest BCUT2D eigenvalue weighted by Gasteiger charge is 2.07. The second kappa shape index (κ2) is 6.17. The largest absolute Gasteiger partial charge is 0.310 e. The van der Waals surface area contributed by atoms with Crippen molar-refractivity contribution in [1.82, 2.24) is 24.7 Å². The van der Waals surface area contributed by atoms with Crippen LogP contribution in [0.15, 0.2) is 77.9 Å². The van der Waals surface area contributed by atoms with E-state index in [1.54, 1.807) is 12.3 Å². The van der Waals surface area contributed by atoms with Crippen LogP contribution in [0.5, 0.6) is 0 Å². The average molecular weight is 353 g/mol. The molecule has 2 aromatic carbocycles. The zero-order valence-electron chi connectivity index (χ0n) is 14.3. The van der Waals surface area contributed by atoms with Gasteiger partial charge in [-0.3, -0.25) is 4.79 Å². The Morgan fingerprint density at radius 1 is 0.926 bits per heavy atom. The van der Waals surface area contributed by atoms with Gasteiger partial charge < -0.3 is 4.98 Å². The quantitative estimate of drug-likeness (QED) is 0.540. The molecule has 3 heterocycles. The van der Waals surface area contributed by atoms with Crippen molar-refractivity contribution < 1.29 is 0 Å². The van der Waals surface area contributed by atoms with Gasteiger partial charge in [0.15, 0.2) is 5.82 Å². The van der Waals surface area contributed by atoms with Crippen molar-refractivity contribution in [2.24, 2.45) is 0 Å². The van der Waals surface area contributed by atoms with E-state index in [1.165, 1.54) is 0 Å². The van der Waals surface area contributed by atoms with Crippen molar-refractivity contribution in [1.29, 1.82) is 0 Å². The zero-order valence-corrected chi connectivity index (χ0v) is 14.3. The predicted octanol–water partition coefficient (Wildman–Crippen LogP) is 3.25. The fourth-order valence-electron chi connectivity index (χ4n) is 3.21. The van der Waals surface area contributed by atoms with Gasteiger partial charge in [-0.2, -0.15) is 5.10 Å². The lowest BCUT2D eigenvalue weighted by atomic mass is 10.2. The number of benzene rings is 2. The number of pyridine rings is 1. The highest BCUT2D eigenvalue weighted by atomic mass is 16.1. The van der Waals surface area contributed by atoms with Crippen LogP contribution >= 0.6 is 0 Å². The van der Waals surface area contributed by atoms with Crippen LogP contribution in [-0.4, -0.2) is 24.7 Å². The first kappa shape index (κ1) is 15.5. The summed E-state index contributed by atoms with van der Waals surface area (Å²) in [5.74, 6) is 1.37. The molecule has 0 aliphatic heterocycles. The Bertz CT molecular complexity index is 1320. The third-order valence-electron chi connectivity index (χ3n) is 4.54. The summed E-state index contributed by atoms with van der Waals surface area (Å²) >= 11 is 0. The van der Waals surface area contributed by atoms with Gasteiger partial charge in [0, 0.05) is 18.0 Å². The predicted molar refractivity (Wildman–Crippen MR) is 104 cm³/mol. The van der Waals surface area contributed by atoms with E-state index in [1.807, 2.05) is 65.5 Å². The molecule has 0 saturated heterocycles. The minimum atomic E-state index is -0.122. The lowest BCUT2D eigenvalue weighted by molar-refractivity contribution is 0.868. The van der Waals surface area contributed by atoms with Gasteiger partial charge in [-0.25, -0.2) is 14.6 Å². The Labute approximate surface area is 154 Å². The molecule has 1 N–H and O–H groups in total. The normalized spacial score (nSPS) is 11.3. The van der Waals surface area contributed by atoms with Crippen LogP contribution < -0.4 is 5.56 Å². The molecule has 5 aromatic rings. The maximum Gasteiger partial charge on any atom is 0.258 e. The molecule has 0 radical (unpaired) electrons. The second-order valence-corrected chi connectivity index (χ2v) is 6.35. The van der Waals surface area contributed by atoms with Gasteiger partial charge >= 0.3 is 0 Å². The maximum absolute atomic E-state index is 12.2. The Hall–Kier alpha value is -3.80. The van der Waals surface area contributed by atoms with E-state index in [0.29, 0.717) is 23.1 Å². The number of nitrogens with zero attached hydrogens (tertiary/aromatic N) is 4. The number of hydrogen-bond acceptors (Lipinski definition) is 4. The Kier molecular flexibility index (Phi) is 3.53. The minimum absolute atomic E-state index is 0.122. The smallest absolute Gasteiger partial charge is 0.258 e. The number of aromatic amines is 1. The highest BCUT2D eigenvalue weighted by Crippen LogP contribution is 2.17. The van der Waals surface area contributed by atoms with Crippen LogP contribution in [0.3, 0.4) is 0 Å². The van der Waals surface area contributed by atoms with Crippen LogP contribution in [0.1, 0.15) is 11.4 Å². The highest BCUT2D eigenvalue weighted by molar-refractivity contribution is 5.79. The fraction of sp³-hybridized carbons (Fsp3) is 0.0476. The fourth-order valence-corrected chi connectivity index (χ4v) is 3.21. The monoisotopic (exact) mass is 353 g/mol. The van der Waals surface area contributed by atoms with Gasteiger partial charge in [0.2, 0.25) is 0 Å². The molecule has 0 saturated carbocycles. The van der Waals surface area contributed by atoms with Gasteiger partial charge in [-0.05, 0) is 29.8 Å². The van der Waals surface area contributed by atoms with E-state index in [2.05, 4.69) is 20.1 Å². The summed E-state index contributed by atoms with van der Waals surface area (Å²) in [4.78, 5) is 24.1. The maximum atomic E-state index is 12.2. The van der Waals surface area contributed by atoms with E-state index in [9.17, 15) is 4.79 Å². The molecule has 0 bridgehead atoms. The number of fused-ring (bicyclic) bond motifs is 2. The van der Waals surface area contributed by atoms with Crippen LogP contribution in [0.25, 0.3) is 27.6 Å². The van der Waals surface area contributed by atoms with Crippen molar-refractivity contribution in [3.8, 4) is 5.82 Å². The molecular weight excluding hydrogens is 338 g/mol. The molecule has 0 aliphatic rings. The van der Waals surface area contributed by atoms with Crippen LogP contribution in [-0.2, 0) is 6.42 Å². The van der Waals surface area contributed by atoms with E-state index in [-0.39, 0.29) is 5.56 Å². The topological polar surface area (TPSA) is 76.5 Å². The molecule has 0 amide bonds. The SMILES string of the molecule is O=c1[nH]c(Cc2ccc(-n3ncc4ccccc43)nc2)nc2ccccc12. The van der Waals surface area contributed by atoms with Crippen molar-refractivity contribution >= 4 is 21.8 Å². The number of H-pyrrole nitrogens is 1.